The molecule has 0 bridgehead atoms. The molecule has 0 radical (unpaired) electrons. The first kappa shape index (κ1) is 18.1. The first-order chi connectivity index (χ1) is 11.5. The molecule has 128 valence electrons. The molecule has 1 unspecified atom stereocenters. The first-order valence-corrected chi connectivity index (χ1v) is 8.03. The number of halogens is 1. The second-order valence-corrected chi connectivity index (χ2v) is 5.78. The molecule has 6 heteroatoms. The van der Waals surface area contributed by atoms with Gasteiger partial charge in [-0.2, -0.15) is 0 Å². The largest absolute Gasteiger partial charge is 0.479 e. The van der Waals surface area contributed by atoms with Crippen LogP contribution >= 0.6 is 11.6 Å². The van der Waals surface area contributed by atoms with E-state index in [1.165, 1.54) is 0 Å². The molecule has 0 fully saturated rings. The number of hydrogen-bond donors (Lipinski definition) is 2. The van der Waals surface area contributed by atoms with Crippen molar-refractivity contribution in [2.75, 3.05) is 30.4 Å². The minimum Gasteiger partial charge on any atom is -0.479 e. The SMILES string of the molecule is CC(Oc1ccccc1Cl)C(=O)Nc1ccc(N(C)CCO)cc1. The highest BCUT2D eigenvalue weighted by atomic mass is 35.5. The number of para-hydroxylation sites is 1. The van der Waals surface area contributed by atoms with Crippen LogP contribution in [0.5, 0.6) is 5.75 Å². The molecule has 0 aliphatic heterocycles. The molecule has 0 aromatic heterocycles. The predicted molar refractivity (Wildman–Crippen MR) is 97.0 cm³/mol. The summed E-state index contributed by atoms with van der Waals surface area (Å²) >= 11 is 6.03. The maximum absolute atomic E-state index is 12.2. The lowest BCUT2D eigenvalue weighted by atomic mass is 10.2. The minimum absolute atomic E-state index is 0.0892. The summed E-state index contributed by atoms with van der Waals surface area (Å²) in [7, 11) is 1.89. The lowest BCUT2D eigenvalue weighted by Gasteiger charge is -2.19. The third-order valence-corrected chi connectivity index (χ3v) is 3.83. The normalized spacial score (nSPS) is 11.7. The summed E-state index contributed by atoms with van der Waals surface area (Å²) in [6.07, 6.45) is -0.679. The van der Waals surface area contributed by atoms with Gasteiger partial charge in [-0.25, -0.2) is 0 Å². The number of likely N-dealkylation sites (N-methyl/N-ethyl adjacent to an activating group) is 1. The predicted octanol–water partition coefficient (Wildman–Crippen LogP) is 3.17. The number of aliphatic hydroxyl groups is 1. The van der Waals surface area contributed by atoms with Gasteiger partial charge in [0.1, 0.15) is 5.75 Å². The lowest BCUT2D eigenvalue weighted by Crippen LogP contribution is -2.30. The van der Waals surface area contributed by atoms with Crippen molar-refractivity contribution >= 4 is 28.9 Å². The van der Waals surface area contributed by atoms with Crippen molar-refractivity contribution in [1.82, 2.24) is 0 Å². The number of rotatable bonds is 7. The van der Waals surface area contributed by atoms with Gasteiger partial charge in [0, 0.05) is 25.0 Å². The molecule has 2 N–H and O–H groups in total. The quantitative estimate of drug-likeness (QED) is 0.806. The highest BCUT2D eigenvalue weighted by Gasteiger charge is 2.16. The molecule has 24 heavy (non-hydrogen) atoms. The van der Waals surface area contributed by atoms with Crippen molar-refractivity contribution in [3.63, 3.8) is 0 Å². The molecule has 0 spiro atoms. The Morgan fingerprint density at radius 2 is 1.92 bits per heavy atom. The zero-order valence-corrected chi connectivity index (χ0v) is 14.5. The fourth-order valence-corrected chi connectivity index (χ4v) is 2.29. The topological polar surface area (TPSA) is 61.8 Å². The third-order valence-electron chi connectivity index (χ3n) is 3.52. The number of carbonyl (C=O) groups is 1. The van der Waals surface area contributed by atoms with Crippen molar-refractivity contribution in [3.8, 4) is 5.75 Å². The van der Waals surface area contributed by atoms with Crippen LogP contribution in [0, 0.1) is 0 Å². The Hall–Kier alpha value is -2.24. The lowest BCUT2D eigenvalue weighted by molar-refractivity contribution is -0.122. The molecule has 5 nitrogen and oxygen atoms in total. The smallest absolute Gasteiger partial charge is 0.265 e. The molecule has 1 atom stereocenters. The van der Waals surface area contributed by atoms with Crippen LogP contribution in [-0.4, -0.2) is 37.3 Å². The van der Waals surface area contributed by atoms with E-state index in [0.29, 0.717) is 23.0 Å². The monoisotopic (exact) mass is 348 g/mol. The second kappa shape index (κ2) is 8.57. The van der Waals surface area contributed by atoms with Gasteiger partial charge in [-0.1, -0.05) is 23.7 Å². The number of ether oxygens (including phenoxy) is 1. The summed E-state index contributed by atoms with van der Waals surface area (Å²) in [4.78, 5) is 14.2. The molecule has 1 amide bonds. The number of carbonyl (C=O) groups excluding carboxylic acids is 1. The summed E-state index contributed by atoms with van der Waals surface area (Å²) in [5.41, 5.74) is 1.64. The molecule has 2 aromatic rings. The molecule has 0 saturated carbocycles. The Bertz CT molecular complexity index is 676. The number of amides is 1. The van der Waals surface area contributed by atoms with Gasteiger partial charge in [0.25, 0.3) is 5.91 Å². The number of hydrogen-bond acceptors (Lipinski definition) is 4. The summed E-state index contributed by atoms with van der Waals surface area (Å²) in [5.74, 6) is 0.217. The van der Waals surface area contributed by atoms with Gasteiger partial charge < -0.3 is 20.1 Å². The fraction of sp³-hybridized carbons (Fsp3) is 0.278. The number of nitrogens with zero attached hydrogens (tertiary/aromatic N) is 1. The summed E-state index contributed by atoms with van der Waals surface area (Å²) in [6.45, 7) is 2.31. The van der Waals surface area contributed by atoms with Gasteiger partial charge in [0.05, 0.1) is 11.6 Å². The molecular weight excluding hydrogens is 328 g/mol. The number of benzene rings is 2. The van der Waals surface area contributed by atoms with E-state index in [2.05, 4.69) is 5.32 Å². The third kappa shape index (κ3) is 4.88. The second-order valence-electron chi connectivity index (χ2n) is 5.37. The van der Waals surface area contributed by atoms with E-state index < -0.39 is 6.10 Å². The Morgan fingerprint density at radius 1 is 1.25 bits per heavy atom. The van der Waals surface area contributed by atoms with E-state index in [4.69, 9.17) is 21.4 Å². The van der Waals surface area contributed by atoms with Crippen LogP contribution in [-0.2, 0) is 4.79 Å². The van der Waals surface area contributed by atoms with Crippen LogP contribution < -0.4 is 15.0 Å². The number of anilines is 2. The Balaban J connectivity index is 1.95. The fourth-order valence-electron chi connectivity index (χ4n) is 2.11. The van der Waals surface area contributed by atoms with Crippen molar-refractivity contribution < 1.29 is 14.6 Å². The van der Waals surface area contributed by atoms with Crippen molar-refractivity contribution in [2.24, 2.45) is 0 Å². The number of nitrogens with one attached hydrogen (secondary N) is 1. The van der Waals surface area contributed by atoms with Gasteiger partial charge in [-0.3, -0.25) is 4.79 Å². The Morgan fingerprint density at radius 3 is 2.54 bits per heavy atom. The zero-order chi connectivity index (χ0) is 17.5. The van der Waals surface area contributed by atoms with Crippen LogP contribution in [0.2, 0.25) is 5.02 Å². The Kier molecular flexibility index (Phi) is 6.46. The molecule has 0 heterocycles. The van der Waals surface area contributed by atoms with E-state index in [1.54, 1.807) is 31.2 Å². The average Bonchev–Trinajstić information content (AvgIpc) is 2.57. The average molecular weight is 349 g/mol. The molecule has 2 rings (SSSR count). The molecule has 0 aliphatic carbocycles. The van der Waals surface area contributed by atoms with Crippen molar-refractivity contribution in [3.05, 3.63) is 53.6 Å². The summed E-state index contributed by atoms with van der Waals surface area (Å²) < 4.78 is 5.59. The van der Waals surface area contributed by atoms with E-state index >= 15 is 0 Å². The molecule has 0 aliphatic rings. The van der Waals surface area contributed by atoms with Gasteiger partial charge in [-0.15, -0.1) is 0 Å². The maximum atomic E-state index is 12.2. The minimum atomic E-state index is -0.679. The maximum Gasteiger partial charge on any atom is 0.265 e. The molecule has 2 aromatic carbocycles. The first-order valence-electron chi connectivity index (χ1n) is 7.65. The van der Waals surface area contributed by atoms with Gasteiger partial charge >= 0.3 is 0 Å². The zero-order valence-electron chi connectivity index (χ0n) is 13.7. The van der Waals surface area contributed by atoms with E-state index in [1.807, 2.05) is 36.2 Å². The van der Waals surface area contributed by atoms with E-state index in [9.17, 15) is 4.79 Å². The van der Waals surface area contributed by atoms with Crippen LogP contribution in [0.15, 0.2) is 48.5 Å². The van der Waals surface area contributed by atoms with Crippen molar-refractivity contribution in [2.45, 2.75) is 13.0 Å². The number of aliphatic hydroxyl groups excluding tert-OH is 1. The van der Waals surface area contributed by atoms with Gasteiger partial charge in [0.2, 0.25) is 0 Å². The molecule has 0 saturated heterocycles. The van der Waals surface area contributed by atoms with Gasteiger partial charge in [0.15, 0.2) is 6.10 Å². The van der Waals surface area contributed by atoms with Crippen LogP contribution in [0.4, 0.5) is 11.4 Å². The van der Waals surface area contributed by atoms with Gasteiger partial charge in [-0.05, 0) is 43.3 Å². The standard InChI is InChI=1S/C18H21ClN2O3/c1-13(24-17-6-4-3-5-16(17)19)18(23)20-14-7-9-15(10-8-14)21(2)11-12-22/h3-10,13,22H,11-12H2,1-2H3,(H,20,23). The highest BCUT2D eigenvalue weighted by molar-refractivity contribution is 6.32. The van der Waals surface area contributed by atoms with Crippen LogP contribution in [0.3, 0.4) is 0 Å². The molecular formula is C18H21ClN2O3. The van der Waals surface area contributed by atoms with Crippen molar-refractivity contribution in [1.29, 1.82) is 0 Å². The van der Waals surface area contributed by atoms with Crippen LogP contribution in [0.25, 0.3) is 0 Å². The van der Waals surface area contributed by atoms with E-state index in [-0.39, 0.29) is 12.5 Å². The Labute approximate surface area is 146 Å². The highest BCUT2D eigenvalue weighted by Crippen LogP contribution is 2.24. The summed E-state index contributed by atoms with van der Waals surface area (Å²) in [5, 5.41) is 12.2. The summed E-state index contributed by atoms with van der Waals surface area (Å²) in [6, 6.07) is 14.4. The van der Waals surface area contributed by atoms with E-state index in [0.717, 1.165) is 5.69 Å². The van der Waals surface area contributed by atoms with Crippen LogP contribution in [0.1, 0.15) is 6.92 Å².